The smallest absolute Gasteiger partial charge is 0.147 e. The van der Waals surface area contributed by atoms with E-state index in [4.69, 9.17) is 11.6 Å². The molecule has 0 fully saturated rings. The molecular weight excluding hydrogens is 379 g/mol. The fraction of sp³-hybridized carbons (Fsp3) is 0.154. The summed E-state index contributed by atoms with van der Waals surface area (Å²) in [4.78, 5) is 6.36. The van der Waals surface area contributed by atoms with Crippen molar-refractivity contribution in [2.24, 2.45) is 0 Å². The number of hydrogen-bond acceptors (Lipinski definition) is 2. The van der Waals surface area contributed by atoms with Crippen molar-refractivity contribution in [1.82, 2.24) is 4.98 Å². The lowest BCUT2D eigenvalue weighted by Gasteiger charge is -2.20. The Hall–Kier alpha value is -0.580. The van der Waals surface area contributed by atoms with Crippen LogP contribution in [0, 0.1) is 0 Å². The van der Waals surface area contributed by atoms with E-state index in [2.05, 4.69) is 42.9 Å². The first-order valence-corrected chi connectivity index (χ1v) is 7.30. The van der Waals surface area contributed by atoms with Crippen molar-refractivity contribution in [2.45, 2.75) is 6.54 Å². The predicted octanol–water partition coefficient (Wildman–Crippen LogP) is 4.90. The maximum Gasteiger partial charge on any atom is 0.147 e. The van der Waals surface area contributed by atoms with Crippen LogP contribution < -0.4 is 4.90 Å². The summed E-state index contributed by atoms with van der Waals surface area (Å²) >= 11 is 13.1. The lowest BCUT2D eigenvalue weighted by molar-refractivity contribution is 0.893. The van der Waals surface area contributed by atoms with E-state index in [0.717, 1.165) is 21.3 Å². The van der Waals surface area contributed by atoms with Gasteiger partial charge >= 0.3 is 0 Å². The van der Waals surface area contributed by atoms with Crippen LogP contribution in [0.5, 0.6) is 0 Å². The van der Waals surface area contributed by atoms with Crippen LogP contribution in [0.1, 0.15) is 5.56 Å². The normalized spacial score (nSPS) is 10.4. The summed E-state index contributed by atoms with van der Waals surface area (Å²) in [7, 11) is 1.97. The Morgan fingerprint density at radius 3 is 2.67 bits per heavy atom. The minimum atomic E-state index is 0.638. The molecule has 0 amide bonds. The average molecular weight is 391 g/mol. The second-order valence-corrected chi connectivity index (χ2v) is 6.08. The van der Waals surface area contributed by atoms with Gasteiger partial charge in [0, 0.05) is 28.7 Å². The summed E-state index contributed by atoms with van der Waals surface area (Å²) < 4.78 is 1.97. The molecule has 5 heteroatoms. The average Bonchev–Trinajstić information content (AvgIpc) is 2.32. The van der Waals surface area contributed by atoms with Crippen molar-refractivity contribution < 1.29 is 0 Å². The molecule has 1 heterocycles. The molecular formula is C13H11Br2ClN2. The van der Waals surface area contributed by atoms with E-state index in [1.165, 1.54) is 5.56 Å². The fourth-order valence-corrected chi connectivity index (χ4v) is 2.83. The Morgan fingerprint density at radius 2 is 2.00 bits per heavy atom. The Kier molecular flexibility index (Phi) is 4.65. The van der Waals surface area contributed by atoms with Crippen molar-refractivity contribution in [3.63, 3.8) is 0 Å². The maximum absolute atomic E-state index is 6.18. The molecule has 0 saturated heterocycles. The van der Waals surface area contributed by atoms with E-state index < -0.39 is 0 Å². The summed E-state index contributed by atoms with van der Waals surface area (Å²) in [5.74, 6) is 0.774. The summed E-state index contributed by atoms with van der Waals surface area (Å²) in [6, 6.07) is 9.97. The number of anilines is 1. The third-order valence-electron chi connectivity index (χ3n) is 2.52. The number of hydrogen-bond donors (Lipinski definition) is 0. The molecule has 94 valence electrons. The SMILES string of the molecule is CN(Cc1ccccc1Br)c1ncc(Br)cc1Cl. The molecule has 1 aromatic heterocycles. The molecule has 0 spiro atoms. The molecule has 0 N–H and O–H groups in total. The summed E-state index contributed by atoms with van der Waals surface area (Å²) in [5.41, 5.74) is 1.20. The second kappa shape index (κ2) is 6.04. The van der Waals surface area contributed by atoms with Gasteiger partial charge in [0.15, 0.2) is 0 Å². The number of rotatable bonds is 3. The van der Waals surface area contributed by atoms with Crippen LogP contribution in [0.3, 0.4) is 0 Å². The number of pyridine rings is 1. The monoisotopic (exact) mass is 388 g/mol. The van der Waals surface area contributed by atoms with E-state index >= 15 is 0 Å². The Balaban J connectivity index is 2.22. The Bertz CT molecular complexity index is 560. The Morgan fingerprint density at radius 1 is 1.28 bits per heavy atom. The van der Waals surface area contributed by atoms with Crippen LogP contribution in [0.2, 0.25) is 5.02 Å². The summed E-state index contributed by atoms with van der Waals surface area (Å²) in [6.45, 7) is 0.746. The quantitative estimate of drug-likeness (QED) is 0.741. The van der Waals surface area contributed by atoms with Crippen LogP contribution in [0.25, 0.3) is 0 Å². The lowest BCUT2D eigenvalue weighted by atomic mass is 10.2. The molecule has 0 aliphatic heterocycles. The number of aromatic nitrogens is 1. The Labute approximate surface area is 128 Å². The molecule has 2 rings (SSSR count). The maximum atomic E-state index is 6.18. The van der Waals surface area contributed by atoms with E-state index in [1.54, 1.807) is 6.20 Å². The predicted molar refractivity (Wildman–Crippen MR) is 83.2 cm³/mol. The third kappa shape index (κ3) is 3.25. The van der Waals surface area contributed by atoms with Crippen molar-refractivity contribution >= 4 is 49.3 Å². The highest BCUT2D eigenvalue weighted by Crippen LogP contribution is 2.27. The summed E-state index contributed by atoms with van der Waals surface area (Å²) in [6.07, 6.45) is 1.75. The van der Waals surface area contributed by atoms with E-state index in [9.17, 15) is 0 Å². The van der Waals surface area contributed by atoms with Gasteiger partial charge in [-0.25, -0.2) is 4.98 Å². The highest BCUT2D eigenvalue weighted by molar-refractivity contribution is 9.10. The molecule has 0 atom stereocenters. The highest BCUT2D eigenvalue weighted by Gasteiger charge is 2.10. The van der Waals surface area contributed by atoms with Crippen LogP contribution >= 0.6 is 43.5 Å². The molecule has 1 aromatic carbocycles. The molecule has 0 radical (unpaired) electrons. The molecule has 0 saturated carbocycles. The van der Waals surface area contributed by atoms with Gasteiger partial charge in [-0.1, -0.05) is 45.7 Å². The van der Waals surface area contributed by atoms with Crippen LogP contribution in [0.4, 0.5) is 5.82 Å². The van der Waals surface area contributed by atoms with Gasteiger partial charge in [0.2, 0.25) is 0 Å². The van der Waals surface area contributed by atoms with Crippen LogP contribution in [-0.4, -0.2) is 12.0 Å². The minimum absolute atomic E-state index is 0.638. The van der Waals surface area contributed by atoms with Crippen molar-refractivity contribution in [1.29, 1.82) is 0 Å². The van der Waals surface area contributed by atoms with Crippen LogP contribution in [-0.2, 0) is 6.54 Å². The first kappa shape index (κ1) is 13.8. The van der Waals surface area contributed by atoms with Gasteiger partial charge in [-0.05, 0) is 33.6 Å². The van der Waals surface area contributed by atoms with Crippen molar-refractivity contribution in [3.05, 3.63) is 56.1 Å². The molecule has 18 heavy (non-hydrogen) atoms. The lowest BCUT2D eigenvalue weighted by Crippen LogP contribution is -2.18. The largest absolute Gasteiger partial charge is 0.354 e. The van der Waals surface area contributed by atoms with Gasteiger partial charge in [0.25, 0.3) is 0 Å². The third-order valence-corrected chi connectivity index (χ3v) is 4.00. The van der Waals surface area contributed by atoms with E-state index in [-0.39, 0.29) is 0 Å². The zero-order chi connectivity index (χ0) is 13.1. The van der Waals surface area contributed by atoms with E-state index in [1.807, 2.05) is 36.2 Å². The fourth-order valence-electron chi connectivity index (χ4n) is 1.65. The van der Waals surface area contributed by atoms with E-state index in [0.29, 0.717) is 5.02 Å². The second-order valence-electron chi connectivity index (χ2n) is 3.91. The van der Waals surface area contributed by atoms with Gasteiger partial charge in [-0.3, -0.25) is 0 Å². The highest BCUT2D eigenvalue weighted by atomic mass is 79.9. The number of nitrogens with zero attached hydrogens (tertiary/aromatic N) is 2. The zero-order valence-corrected chi connectivity index (χ0v) is 13.6. The first-order valence-electron chi connectivity index (χ1n) is 5.33. The molecule has 0 aliphatic rings. The topological polar surface area (TPSA) is 16.1 Å². The van der Waals surface area contributed by atoms with Gasteiger partial charge in [-0.15, -0.1) is 0 Å². The molecule has 2 nitrogen and oxygen atoms in total. The van der Waals surface area contributed by atoms with Gasteiger partial charge < -0.3 is 4.90 Å². The van der Waals surface area contributed by atoms with Gasteiger partial charge in [-0.2, -0.15) is 0 Å². The number of benzene rings is 1. The summed E-state index contributed by atoms with van der Waals surface area (Å²) in [5, 5.41) is 0.638. The van der Waals surface area contributed by atoms with Crippen molar-refractivity contribution in [3.8, 4) is 0 Å². The van der Waals surface area contributed by atoms with Crippen molar-refractivity contribution in [2.75, 3.05) is 11.9 Å². The molecule has 2 aromatic rings. The molecule has 0 unspecified atom stereocenters. The first-order chi connectivity index (χ1) is 8.58. The van der Waals surface area contributed by atoms with Gasteiger partial charge in [0.1, 0.15) is 5.82 Å². The minimum Gasteiger partial charge on any atom is -0.354 e. The van der Waals surface area contributed by atoms with Crippen LogP contribution in [0.15, 0.2) is 45.5 Å². The zero-order valence-electron chi connectivity index (χ0n) is 9.70. The standard InChI is InChI=1S/C13H11Br2ClN2/c1-18(8-9-4-2-3-5-11(9)15)13-12(16)6-10(14)7-17-13/h2-7H,8H2,1H3. The molecule has 0 bridgehead atoms. The van der Waals surface area contributed by atoms with Gasteiger partial charge in [0.05, 0.1) is 5.02 Å². The molecule has 0 aliphatic carbocycles. The number of halogens is 3.